The number of phenolic OH excluding ortho intramolecular Hbond substituents is 1. The number of phenols is 1. The third kappa shape index (κ3) is 6.11. The van der Waals surface area contributed by atoms with Crippen LogP contribution in [0.4, 0.5) is 4.39 Å². The van der Waals surface area contributed by atoms with Crippen LogP contribution in [0.5, 0.6) is 5.75 Å². The number of carbonyl (C=O) groups is 2. The van der Waals surface area contributed by atoms with Gasteiger partial charge in [0, 0.05) is 37.3 Å². The van der Waals surface area contributed by atoms with Crippen molar-refractivity contribution in [1.82, 2.24) is 15.2 Å². The monoisotopic (exact) mass is 426 g/mol. The Hall–Kier alpha value is -3.26. The van der Waals surface area contributed by atoms with E-state index in [0.717, 1.165) is 18.4 Å². The van der Waals surface area contributed by atoms with Crippen molar-refractivity contribution < 1.29 is 19.1 Å². The van der Waals surface area contributed by atoms with Crippen molar-refractivity contribution in [2.75, 3.05) is 32.7 Å². The smallest absolute Gasteiger partial charge is 0.254 e. The Morgan fingerprint density at radius 3 is 2.52 bits per heavy atom. The molecular weight excluding hydrogens is 399 g/mol. The maximum absolute atomic E-state index is 13.0. The Kier molecular flexibility index (Phi) is 7.72. The van der Waals surface area contributed by atoms with E-state index in [1.165, 1.54) is 30.5 Å². The van der Waals surface area contributed by atoms with Crippen molar-refractivity contribution in [2.24, 2.45) is 5.10 Å². The van der Waals surface area contributed by atoms with Crippen molar-refractivity contribution in [3.05, 3.63) is 65.0 Å². The van der Waals surface area contributed by atoms with E-state index in [0.29, 0.717) is 37.3 Å². The van der Waals surface area contributed by atoms with Gasteiger partial charge in [0.25, 0.3) is 11.8 Å². The van der Waals surface area contributed by atoms with Crippen LogP contribution in [-0.4, -0.2) is 65.7 Å². The van der Waals surface area contributed by atoms with E-state index < -0.39 is 0 Å². The van der Waals surface area contributed by atoms with Crippen LogP contribution in [0.2, 0.25) is 0 Å². The molecule has 164 valence electrons. The number of amides is 2. The molecule has 0 unspecified atom stereocenters. The van der Waals surface area contributed by atoms with Gasteiger partial charge in [0.1, 0.15) is 11.6 Å². The predicted molar refractivity (Wildman–Crippen MR) is 117 cm³/mol. The van der Waals surface area contributed by atoms with Crippen molar-refractivity contribution >= 4 is 18.0 Å². The second kappa shape index (κ2) is 10.7. The standard InChI is InChI=1S/C23H27FN4O3/c1-2-4-17-5-3-6-19(22(17)30)15-25-26-21(29)16-27-11-13-28(14-12-27)23(31)18-7-9-20(24)10-8-18/h3,5-10,15,30H,2,4,11-14,16H2,1H3,(H,26,29). The SMILES string of the molecule is CCCc1cccc(C=NNC(=O)CN2CCN(C(=O)c3ccc(F)cc3)CC2)c1O. The fourth-order valence-electron chi connectivity index (χ4n) is 3.48. The summed E-state index contributed by atoms with van der Waals surface area (Å²) in [6.07, 6.45) is 3.13. The molecule has 3 rings (SSSR count). The normalized spacial score (nSPS) is 14.7. The fraction of sp³-hybridized carbons (Fsp3) is 0.348. The number of aromatic hydroxyl groups is 1. The molecule has 1 fully saturated rings. The van der Waals surface area contributed by atoms with Crippen LogP contribution >= 0.6 is 0 Å². The highest BCUT2D eigenvalue weighted by Crippen LogP contribution is 2.22. The number of carbonyl (C=O) groups excluding carboxylic acids is 2. The van der Waals surface area contributed by atoms with Gasteiger partial charge in [-0.15, -0.1) is 0 Å². The van der Waals surface area contributed by atoms with Gasteiger partial charge in [-0.2, -0.15) is 5.10 Å². The summed E-state index contributed by atoms with van der Waals surface area (Å²) >= 11 is 0. The van der Waals surface area contributed by atoms with E-state index in [2.05, 4.69) is 10.5 Å². The van der Waals surface area contributed by atoms with Gasteiger partial charge in [-0.1, -0.05) is 25.5 Å². The molecule has 0 saturated carbocycles. The zero-order chi connectivity index (χ0) is 22.2. The lowest BCUT2D eigenvalue weighted by atomic mass is 10.1. The van der Waals surface area contributed by atoms with Gasteiger partial charge in [-0.3, -0.25) is 14.5 Å². The number of piperazine rings is 1. The maximum Gasteiger partial charge on any atom is 0.254 e. The van der Waals surface area contributed by atoms with E-state index in [1.54, 1.807) is 11.0 Å². The molecule has 1 aliphatic rings. The number of para-hydroxylation sites is 1. The molecular formula is C23H27FN4O3. The summed E-state index contributed by atoms with van der Waals surface area (Å²) < 4.78 is 13.0. The number of hydrogen-bond acceptors (Lipinski definition) is 5. The summed E-state index contributed by atoms with van der Waals surface area (Å²) in [5.74, 6) is -0.596. The van der Waals surface area contributed by atoms with Gasteiger partial charge in [0.2, 0.25) is 0 Å². The van der Waals surface area contributed by atoms with Crippen molar-refractivity contribution in [1.29, 1.82) is 0 Å². The molecule has 0 aromatic heterocycles. The second-order valence-electron chi connectivity index (χ2n) is 7.47. The summed E-state index contributed by atoms with van der Waals surface area (Å²) in [7, 11) is 0. The first-order chi connectivity index (χ1) is 15.0. The van der Waals surface area contributed by atoms with Crippen LogP contribution in [0.15, 0.2) is 47.6 Å². The minimum Gasteiger partial charge on any atom is -0.507 e. The molecule has 1 saturated heterocycles. The number of benzene rings is 2. The third-order valence-electron chi connectivity index (χ3n) is 5.18. The molecule has 2 N–H and O–H groups in total. The van der Waals surface area contributed by atoms with Crippen molar-refractivity contribution in [2.45, 2.75) is 19.8 Å². The zero-order valence-electron chi connectivity index (χ0n) is 17.6. The predicted octanol–water partition coefficient (Wildman–Crippen LogP) is 2.39. The molecule has 2 amide bonds. The topological polar surface area (TPSA) is 85.2 Å². The average molecular weight is 426 g/mol. The highest BCUT2D eigenvalue weighted by Gasteiger charge is 2.23. The lowest BCUT2D eigenvalue weighted by Gasteiger charge is -2.34. The molecule has 0 bridgehead atoms. The van der Waals surface area contributed by atoms with Crippen LogP contribution in [0.3, 0.4) is 0 Å². The van der Waals surface area contributed by atoms with E-state index in [1.807, 2.05) is 24.0 Å². The lowest BCUT2D eigenvalue weighted by Crippen LogP contribution is -2.50. The van der Waals surface area contributed by atoms with E-state index in [4.69, 9.17) is 0 Å². The molecule has 1 aliphatic heterocycles. The van der Waals surface area contributed by atoms with Crippen LogP contribution in [0.1, 0.15) is 34.8 Å². The molecule has 0 aliphatic carbocycles. The molecule has 31 heavy (non-hydrogen) atoms. The minimum absolute atomic E-state index is 0.140. The van der Waals surface area contributed by atoms with Crippen LogP contribution in [-0.2, 0) is 11.2 Å². The summed E-state index contributed by atoms with van der Waals surface area (Å²) in [5, 5.41) is 14.2. The largest absolute Gasteiger partial charge is 0.507 e. The first kappa shape index (κ1) is 22.4. The number of aryl methyl sites for hydroxylation is 1. The van der Waals surface area contributed by atoms with Crippen LogP contribution in [0.25, 0.3) is 0 Å². The molecule has 7 nitrogen and oxygen atoms in total. The molecule has 2 aromatic rings. The summed E-state index contributed by atoms with van der Waals surface area (Å²) in [6.45, 7) is 4.31. The highest BCUT2D eigenvalue weighted by molar-refractivity contribution is 5.94. The Bertz CT molecular complexity index is 938. The molecule has 1 heterocycles. The number of halogens is 1. The van der Waals surface area contributed by atoms with Crippen molar-refractivity contribution in [3.8, 4) is 5.75 Å². The van der Waals surface area contributed by atoms with Crippen LogP contribution in [0, 0.1) is 5.82 Å². The number of hydrazone groups is 1. The van der Waals surface area contributed by atoms with Gasteiger partial charge >= 0.3 is 0 Å². The minimum atomic E-state index is -0.376. The van der Waals surface area contributed by atoms with Gasteiger partial charge in [-0.25, -0.2) is 9.82 Å². The zero-order valence-corrected chi connectivity index (χ0v) is 17.6. The first-order valence-corrected chi connectivity index (χ1v) is 10.4. The quantitative estimate of drug-likeness (QED) is 0.526. The average Bonchev–Trinajstić information content (AvgIpc) is 2.77. The summed E-state index contributed by atoms with van der Waals surface area (Å²) in [4.78, 5) is 28.3. The highest BCUT2D eigenvalue weighted by atomic mass is 19.1. The molecule has 0 spiro atoms. The van der Waals surface area contributed by atoms with E-state index >= 15 is 0 Å². The van der Waals surface area contributed by atoms with Gasteiger partial charge in [0.15, 0.2) is 0 Å². The number of nitrogens with one attached hydrogen (secondary N) is 1. The van der Waals surface area contributed by atoms with Gasteiger partial charge in [0.05, 0.1) is 12.8 Å². The Morgan fingerprint density at radius 1 is 1.13 bits per heavy atom. The fourth-order valence-corrected chi connectivity index (χ4v) is 3.48. The lowest BCUT2D eigenvalue weighted by molar-refractivity contribution is -0.122. The molecule has 2 aromatic carbocycles. The Balaban J connectivity index is 1.45. The van der Waals surface area contributed by atoms with Gasteiger partial charge in [-0.05, 0) is 42.3 Å². The van der Waals surface area contributed by atoms with E-state index in [9.17, 15) is 19.1 Å². The Morgan fingerprint density at radius 2 is 1.84 bits per heavy atom. The van der Waals surface area contributed by atoms with E-state index in [-0.39, 0.29) is 29.9 Å². The third-order valence-corrected chi connectivity index (χ3v) is 5.18. The number of rotatable bonds is 7. The number of hydrogen-bond donors (Lipinski definition) is 2. The van der Waals surface area contributed by atoms with Crippen molar-refractivity contribution in [3.63, 3.8) is 0 Å². The molecule has 0 atom stereocenters. The van der Waals surface area contributed by atoms with Crippen LogP contribution < -0.4 is 5.43 Å². The summed E-state index contributed by atoms with van der Waals surface area (Å²) in [5.41, 5.74) is 4.34. The second-order valence-corrected chi connectivity index (χ2v) is 7.47. The summed E-state index contributed by atoms with van der Waals surface area (Å²) in [6, 6.07) is 11.0. The first-order valence-electron chi connectivity index (χ1n) is 10.4. The maximum atomic E-state index is 13.0. The molecule has 8 heteroatoms. The van der Waals surface area contributed by atoms with Gasteiger partial charge < -0.3 is 10.0 Å². The Labute approximate surface area is 181 Å². The molecule has 0 radical (unpaired) electrons. The number of nitrogens with zero attached hydrogens (tertiary/aromatic N) is 3.